The Morgan fingerprint density at radius 2 is 1.00 bits per heavy atom. The van der Waals surface area contributed by atoms with Crippen molar-refractivity contribution in [1.82, 2.24) is 0 Å². The van der Waals surface area contributed by atoms with Crippen LogP contribution in [0.25, 0.3) is 0 Å². The normalized spacial score (nSPS) is 46.0. The van der Waals surface area contributed by atoms with E-state index in [-0.39, 0.29) is 11.1 Å². The summed E-state index contributed by atoms with van der Waals surface area (Å²) >= 11 is 0. The molecule has 2 nitrogen and oxygen atoms in total. The summed E-state index contributed by atoms with van der Waals surface area (Å²) in [5.74, 6) is 0. The number of rotatable bonds is 0. The van der Waals surface area contributed by atoms with E-state index in [1.807, 2.05) is 38.2 Å². The quantitative estimate of drug-likeness (QED) is 0.480. The van der Waals surface area contributed by atoms with E-state index in [0.29, 0.717) is 0 Å². The smallest absolute Gasteiger partial charge is 0.0497 e. The maximum Gasteiger partial charge on any atom is 0.0497 e. The predicted octanol–water partition coefficient (Wildman–Crippen LogP) is 0.547. The second-order valence-electron chi connectivity index (χ2n) is 3.40. The standard InChI is InChI=1S/C8H14N2/c1-7(9)3-5-8(2,10)6-4-7/h3-6H,9-10H2,1-2H3. The van der Waals surface area contributed by atoms with E-state index < -0.39 is 0 Å². The highest BCUT2D eigenvalue weighted by Crippen LogP contribution is 2.16. The molecule has 0 aliphatic heterocycles. The van der Waals surface area contributed by atoms with Crippen LogP contribution in [-0.2, 0) is 0 Å². The maximum atomic E-state index is 5.77. The molecule has 0 aromatic rings. The van der Waals surface area contributed by atoms with Gasteiger partial charge >= 0.3 is 0 Å². The van der Waals surface area contributed by atoms with E-state index in [4.69, 9.17) is 11.5 Å². The van der Waals surface area contributed by atoms with Crippen LogP contribution in [-0.4, -0.2) is 11.1 Å². The molecule has 0 aromatic heterocycles. The van der Waals surface area contributed by atoms with E-state index in [1.165, 1.54) is 0 Å². The van der Waals surface area contributed by atoms with Gasteiger partial charge in [0.15, 0.2) is 0 Å². The number of hydrogen-bond donors (Lipinski definition) is 2. The Morgan fingerprint density at radius 3 is 1.20 bits per heavy atom. The maximum absolute atomic E-state index is 5.77. The van der Waals surface area contributed by atoms with E-state index in [9.17, 15) is 0 Å². The predicted molar refractivity (Wildman–Crippen MR) is 43.5 cm³/mol. The summed E-state index contributed by atoms with van der Waals surface area (Å²) in [5, 5.41) is 0. The van der Waals surface area contributed by atoms with Crippen molar-refractivity contribution in [2.24, 2.45) is 11.5 Å². The molecule has 0 aromatic carbocycles. The molecule has 10 heavy (non-hydrogen) atoms. The molecule has 2 heteroatoms. The van der Waals surface area contributed by atoms with Gasteiger partial charge in [0.2, 0.25) is 0 Å². The lowest BCUT2D eigenvalue weighted by molar-refractivity contribution is 0.648. The second-order valence-corrected chi connectivity index (χ2v) is 3.40. The lowest BCUT2D eigenvalue weighted by Gasteiger charge is -2.26. The van der Waals surface area contributed by atoms with Gasteiger partial charge in [-0.2, -0.15) is 0 Å². The fourth-order valence-corrected chi connectivity index (χ4v) is 0.829. The Labute approximate surface area is 61.6 Å². The van der Waals surface area contributed by atoms with Crippen LogP contribution in [0.2, 0.25) is 0 Å². The van der Waals surface area contributed by atoms with Gasteiger partial charge in [0.05, 0.1) is 0 Å². The minimum atomic E-state index is -0.307. The van der Waals surface area contributed by atoms with Crippen LogP contribution in [0.4, 0.5) is 0 Å². The third kappa shape index (κ3) is 1.69. The Kier molecular flexibility index (Phi) is 1.46. The van der Waals surface area contributed by atoms with Crippen LogP contribution in [0.1, 0.15) is 13.8 Å². The molecule has 0 bridgehead atoms. The van der Waals surface area contributed by atoms with Gasteiger partial charge in [-0.1, -0.05) is 24.3 Å². The Bertz CT molecular complexity index is 149. The Hall–Kier alpha value is -0.600. The summed E-state index contributed by atoms with van der Waals surface area (Å²) in [6, 6.07) is 0. The minimum Gasteiger partial charge on any atom is -0.319 e. The molecular weight excluding hydrogens is 124 g/mol. The van der Waals surface area contributed by atoms with Crippen molar-refractivity contribution < 1.29 is 0 Å². The van der Waals surface area contributed by atoms with Gasteiger partial charge in [0, 0.05) is 11.1 Å². The lowest BCUT2D eigenvalue weighted by Crippen LogP contribution is -2.40. The lowest BCUT2D eigenvalue weighted by atomic mass is 9.89. The SMILES string of the molecule is CC1(N)C=CC(C)(N)C=C1. The van der Waals surface area contributed by atoms with Crippen molar-refractivity contribution in [3.05, 3.63) is 24.3 Å². The third-order valence-electron chi connectivity index (χ3n) is 1.60. The van der Waals surface area contributed by atoms with Crippen LogP contribution < -0.4 is 11.5 Å². The van der Waals surface area contributed by atoms with E-state index in [0.717, 1.165) is 0 Å². The molecule has 0 amide bonds. The second kappa shape index (κ2) is 1.94. The molecule has 1 aliphatic carbocycles. The molecule has 0 fully saturated rings. The van der Waals surface area contributed by atoms with Crippen LogP contribution in [0.5, 0.6) is 0 Å². The van der Waals surface area contributed by atoms with Crippen LogP contribution >= 0.6 is 0 Å². The highest BCUT2D eigenvalue weighted by atomic mass is 14.7. The van der Waals surface area contributed by atoms with Crippen molar-refractivity contribution in [3.8, 4) is 0 Å². The topological polar surface area (TPSA) is 52.0 Å². The Morgan fingerprint density at radius 1 is 0.800 bits per heavy atom. The molecule has 0 saturated carbocycles. The fraction of sp³-hybridized carbons (Fsp3) is 0.500. The van der Waals surface area contributed by atoms with E-state index in [1.54, 1.807) is 0 Å². The molecule has 0 saturated heterocycles. The molecule has 0 radical (unpaired) electrons. The monoisotopic (exact) mass is 138 g/mol. The summed E-state index contributed by atoms with van der Waals surface area (Å²) < 4.78 is 0. The zero-order valence-corrected chi connectivity index (χ0v) is 6.46. The van der Waals surface area contributed by atoms with Gasteiger partial charge < -0.3 is 11.5 Å². The zero-order chi connectivity index (χ0) is 7.83. The van der Waals surface area contributed by atoms with Crippen molar-refractivity contribution in [3.63, 3.8) is 0 Å². The third-order valence-corrected chi connectivity index (χ3v) is 1.60. The molecule has 1 aliphatic rings. The largest absolute Gasteiger partial charge is 0.319 e. The molecule has 1 rings (SSSR count). The first-order valence-corrected chi connectivity index (χ1v) is 3.40. The van der Waals surface area contributed by atoms with Crippen molar-refractivity contribution in [2.45, 2.75) is 24.9 Å². The highest BCUT2D eigenvalue weighted by Gasteiger charge is 2.20. The Balaban J connectivity index is 2.81. The molecule has 0 unspecified atom stereocenters. The fourth-order valence-electron chi connectivity index (χ4n) is 0.829. The molecule has 56 valence electrons. The van der Waals surface area contributed by atoms with Gasteiger partial charge in [-0.05, 0) is 13.8 Å². The molecule has 0 heterocycles. The van der Waals surface area contributed by atoms with E-state index in [2.05, 4.69) is 0 Å². The van der Waals surface area contributed by atoms with Crippen molar-refractivity contribution >= 4 is 0 Å². The average molecular weight is 138 g/mol. The van der Waals surface area contributed by atoms with Crippen molar-refractivity contribution in [2.75, 3.05) is 0 Å². The zero-order valence-electron chi connectivity index (χ0n) is 6.46. The highest BCUT2D eigenvalue weighted by molar-refractivity contribution is 5.29. The van der Waals surface area contributed by atoms with Gasteiger partial charge in [0.1, 0.15) is 0 Å². The first kappa shape index (κ1) is 7.51. The summed E-state index contributed by atoms with van der Waals surface area (Å²) in [6.45, 7) is 3.88. The summed E-state index contributed by atoms with van der Waals surface area (Å²) in [5.41, 5.74) is 10.9. The minimum absolute atomic E-state index is 0.307. The van der Waals surface area contributed by atoms with Gasteiger partial charge in [-0.25, -0.2) is 0 Å². The average Bonchev–Trinajstić information content (AvgIpc) is 1.79. The summed E-state index contributed by atoms with van der Waals surface area (Å²) in [4.78, 5) is 0. The summed E-state index contributed by atoms with van der Waals surface area (Å²) in [7, 11) is 0. The van der Waals surface area contributed by atoms with Crippen LogP contribution in [0.15, 0.2) is 24.3 Å². The van der Waals surface area contributed by atoms with Crippen LogP contribution in [0.3, 0.4) is 0 Å². The van der Waals surface area contributed by atoms with Gasteiger partial charge in [0.25, 0.3) is 0 Å². The van der Waals surface area contributed by atoms with Gasteiger partial charge in [-0.3, -0.25) is 0 Å². The van der Waals surface area contributed by atoms with Crippen LogP contribution in [0, 0.1) is 0 Å². The molecule has 0 spiro atoms. The molecular formula is C8H14N2. The number of hydrogen-bond acceptors (Lipinski definition) is 2. The molecule has 0 atom stereocenters. The number of nitrogens with two attached hydrogens (primary N) is 2. The van der Waals surface area contributed by atoms with Gasteiger partial charge in [-0.15, -0.1) is 0 Å². The summed E-state index contributed by atoms with van der Waals surface area (Å²) in [6.07, 6.45) is 7.69. The first-order chi connectivity index (χ1) is 4.41. The van der Waals surface area contributed by atoms with Crippen molar-refractivity contribution in [1.29, 1.82) is 0 Å². The molecule has 4 N–H and O–H groups in total. The van der Waals surface area contributed by atoms with E-state index >= 15 is 0 Å². The first-order valence-electron chi connectivity index (χ1n) is 3.40.